The van der Waals surface area contributed by atoms with Crippen LogP contribution in [0.1, 0.15) is 21.5 Å². The highest BCUT2D eigenvalue weighted by molar-refractivity contribution is 9.10. The van der Waals surface area contributed by atoms with Crippen LogP contribution in [0.5, 0.6) is 0 Å². The van der Waals surface area contributed by atoms with E-state index in [2.05, 4.69) is 34.1 Å². The zero-order chi connectivity index (χ0) is 14.8. The lowest BCUT2D eigenvalue weighted by Crippen LogP contribution is -2.05. The number of hydrogen-bond donors (Lipinski definition) is 0. The maximum Gasteiger partial charge on any atom is 0.168 e. The minimum absolute atomic E-state index is 0.141. The SMILES string of the molecule is Cc1cccc(C(=O)Cc2cccc3ccccc23)c1Br. The van der Waals surface area contributed by atoms with Gasteiger partial charge >= 0.3 is 0 Å². The van der Waals surface area contributed by atoms with Gasteiger partial charge in [0.05, 0.1) is 0 Å². The lowest BCUT2D eigenvalue weighted by molar-refractivity contribution is 0.0992. The maximum atomic E-state index is 12.6. The summed E-state index contributed by atoms with van der Waals surface area (Å²) in [6, 6.07) is 20.1. The van der Waals surface area contributed by atoms with Gasteiger partial charge in [-0.25, -0.2) is 0 Å². The minimum atomic E-state index is 0.141. The Balaban J connectivity index is 1.99. The van der Waals surface area contributed by atoms with E-state index in [9.17, 15) is 4.79 Å². The van der Waals surface area contributed by atoms with E-state index in [0.717, 1.165) is 26.5 Å². The van der Waals surface area contributed by atoms with Crippen LogP contribution in [0.3, 0.4) is 0 Å². The Labute approximate surface area is 132 Å². The molecule has 0 atom stereocenters. The Morgan fingerprint density at radius 1 is 0.952 bits per heavy atom. The summed E-state index contributed by atoms with van der Waals surface area (Å²) < 4.78 is 0.898. The van der Waals surface area contributed by atoms with Crippen LogP contribution in [-0.2, 0) is 6.42 Å². The Morgan fingerprint density at radius 2 is 1.67 bits per heavy atom. The number of ketones is 1. The van der Waals surface area contributed by atoms with Gasteiger partial charge < -0.3 is 0 Å². The Kier molecular flexibility index (Phi) is 3.89. The van der Waals surface area contributed by atoms with Crippen LogP contribution in [0.4, 0.5) is 0 Å². The molecule has 21 heavy (non-hydrogen) atoms. The molecule has 3 aromatic rings. The molecule has 0 amide bonds. The third-order valence-corrected chi connectivity index (χ3v) is 4.78. The predicted molar refractivity (Wildman–Crippen MR) is 90.9 cm³/mol. The molecule has 104 valence electrons. The highest BCUT2D eigenvalue weighted by Gasteiger charge is 2.13. The summed E-state index contributed by atoms with van der Waals surface area (Å²) in [5.41, 5.74) is 2.91. The average Bonchev–Trinajstić information content (AvgIpc) is 2.50. The van der Waals surface area contributed by atoms with Crippen LogP contribution in [0.2, 0.25) is 0 Å². The highest BCUT2D eigenvalue weighted by atomic mass is 79.9. The summed E-state index contributed by atoms with van der Waals surface area (Å²) in [7, 11) is 0. The first kappa shape index (κ1) is 14.0. The van der Waals surface area contributed by atoms with Gasteiger partial charge in [0.2, 0.25) is 0 Å². The standard InChI is InChI=1S/C19H15BrO/c1-13-6-4-11-17(19(13)20)18(21)12-15-9-5-8-14-7-2-3-10-16(14)15/h2-11H,12H2,1H3. The number of fused-ring (bicyclic) bond motifs is 1. The van der Waals surface area contributed by atoms with E-state index < -0.39 is 0 Å². The third kappa shape index (κ3) is 2.77. The van der Waals surface area contributed by atoms with Crippen LogP contribution in [0.25, 0.3) is 10.8 Å². The molecule has 2 heteroatoms. The van der Waals surface area contributed by atoms with Crippen LogP contribution in [-0.4, -0.2) is 5.78 Å². The van der Waals surface area contributed by atoms with E-state index >= 15 is 0 Å². The largest absolute Gasteiger partial charge is 0.294 e. The van der Waals surface area contributed by atoms with E-state index in [-0.39, 0.29) is 5.78 Å². The second-order valence-corrected chi connectivity index (χ2v) is 5.97. The van der Waals surface area contributed by atoms with Crippen LogP contribution in [0.15, 0.2) is 65.1 Å². The molecule has 0 fully saturated rings. The molecule has 0 heterocycles. The van der Waals surface area contributed by atoms with Gasteiger partial charge in [-0.1, -0.05) is 60.7 Å². The molecular formula is C19H15BrO. The second kappa shape index (κ2) is 5.82. The van der Waals surface area contributed by atoms with Crippen molar-refractivity contribution in [3.63, 3.8) is 0 Å². The van der Waals surface area contributed by atoms with Crippen molar-refractivity contribution in [1.82, 2.24) is 0 Å². The van der Waals surface area contributed by atoms with Crippen molar-refractivity contribution in [3.8, 4) is 0 Å². The van der Waals surface area contributed by atoms with E-state index in [4.69, 9.17) is 0 Å². The van der Waals surface area contributed by atoms with Gasteiger partial charge in [0, 0.05) is 16.5 Å². The summed E-state index contributed by atoms with van der Waals surface area (Å²) in [5, 5.41) is 2.32. The predicted octanol–water partition coefficient (Wildman–Crippen LogP) is 5.34. The van der Waals surface area contributed by atoms with Crippen molar-refractivity contribution < 1.29 is 4.79 Å². The fourth-order valence-corrected chi connectivity index (χ4v) is 3.06. The summed E-state index contributed by atoms with van der Waals surface area (Å²) in [6.07, 6.45) is 0.420. The summed E-state index contributed by atoms with van der Waals surface area (Å²) in [5.74, 6) is 0.141. The van der Waals surface area contributed by atoms with Crippen LogP contribution in [0, 0.1) is 6.92 Å². The lowest BCUT2D eigenvalue weighted by Gasteiger charge is -2.08. The van der Waals surface area contributed by atoms with Gasteiger partial charge in [0.1, 0.15) is 0 Å². The molecule has 0 radical (unpaired) electrons. The highest BCUT2D eigenvalue weighted by Crippen LogP contribution is 2.24. The monoisotopic (exact) mass is 338 g/mol. The second-order valence-electron chi connectivity index (χ2n) is 5.17. The molecule has 0 saturated carbocycles. The number of rotatable bonds is 3. The molecule has 0 spiro atoms. The molecule has 1 nitrogen and oxygen atoms in total. The van der Waals surface area contributed by atoms with Crippen molar-refractivity contribution >= 4 is 32.5 Å². The van der Waals surface area contributed by atoms with Crippen molar-refractivity contribution in [2.24, 2.45) is 0 Å². The number of halogens is 1. The number of Topliss-reactive ketones (excluding diaryl/α,β-unsaturated/α-hetero) is 1. The molecule has 0 aliphatic heterocycles. The molecule has 0 unspecified atom stereocenters. The third-order valence-electron chi connectivity index (χ3n) is 3.72. The fraction of sp³-hybridized carbons (Fsp3) is 0.105. The summed E-state index contributed by atoms with van der Waals surface area (Å²) in [6.45, 7) is 2.00. The Bertz CT molecular complexity index is 815. The Morgan fingerprint density at radius 3 is 2.52 bits per heavy atom. The molecular weight excluding hydrogens is 324 g/mol. The van der Waals surface area contributed by atoms with Gasteiger partial charge in [-0.05, 0) is 44.8 Å². The van der Waals surface area contributed by atoms with Crippen LogP contribution < -0.4 is 0 Å². The zero-order valence-electron chi connectivity index (χ0n) is 11.8. The van der Waals surface area contributed by atoms with E-state index in [1.807, 2.05) is 49.4 Å². The zero-order valence-corrected chi connectivity index (χ0v) is 13.4. The first-order valence-corrected chi connectivity index (χ1v) is 7.71. The van der Waals surface area contributed by atoms with Crippen molar-refractivity contribution in [2.75, 3.05) is 0 Å². The first-order chi connectivity index (χ1) is 10.2. The molecule has 0 N–H and O–H groups in total. The number of carbonyl (C=O) groups is 1. The van der Waals surface area contributed by atoms with E-state index in [1.54, 1.807) is 0 Å². The topological polar surface area (TPSA) is 17.1 Å². The molecule has 0 bridgehead atoms. The Hall–Kier alpha value is -1.93. The molecule has 0 aliphatic rings. The van der Waals surface area contributed by atoms with Gasteiger partial charge in [0.15, 0.2) is 5.78 Å². The molecule has 3 aromatic carbocycles. The quantitative estimate of drug-likeness (QED) is 0.589. The molecule has 3 rings (SSSR count). The average molecular weight is 339 g/mol. The maximum absolute atomic E-state index is 12.6. The van der Waals surface area contributed by atoms with Gasteiger partial charge in [-0.15, -0.1) is 0 Å². The van der Waals surface area contributed by atoms with E-state index in [1.165, 1.54) is 5.39 Å². The molecule has 0 saturated heterocycles. The number of aryl methyl sites for hydroxylation is 1. The fourth-order valence-electron chi connectivity index (χ4n) is 2.58. The van der Waals surface area contributed by atoms with Crippen LogP contribution >= 0.6 is 15.9 Å². The first-order valence-electron chi connectivity index (χ1n) is 6.92. The van der Waals surface area contributed by atoms with E-state index in [0.29, 0.717) is 6.42 Å². The molecule has 0 aliphatic carbocycles. The summed E-state index contributed by atoms with van der Waals surface area (Å²) in [4.78, 5) is 12.6. The lowest BCUT2D eigenvalue weighted by atomic mass is 9.97. The van der Waals surface area contributed by atoms with Gasteiger partial charge in [-0.2, -0.15) is 0 Å². The normalized spacial score (nSPS) is 10.8. The van der Waals surface area contributed by atoms with Crippen molar-refractivity contribution in [3.05, 3.63) is 81.8 Å². The summed E-state index contributed by atoms with van der Waals surface area (Å²) >= 11 is 3.52. The van der Waals surface area contributed by atoms with Crippen molar-refractivity contribution in [2.45, 2.75) is 13.3 Å². The smallest absolute Gasteiger partial charge is 0.168 e. The number of carbonyl (C=O) groups excluding carboxylic acids is 1. The van der Waals surface area contributed by atoms with Gasteiger partial charge in [0.25, 0.3) is 0 Å². The van der Waals surface area contributed by atoms with Gasteiger partial charge in [-0.3, -0.25) is 4.79 Å². The minimum Gasteiger partial charge on any atom is -0.294 e. The number of benzene rings is 3. The number of hydrogen-bond acceptors (Lipinski definition) is 1. The molecule has 0 aromatic heterocycles. The van der Waals surface area contributed by atoms with Crippen molar-refractivity contribution in [1.29, 1.82) is 0 Å².